The lowest BCUT2D eigenvalue weighted by atomic mass is 9.87. The highest BCUT2D eigenvalue weighted by Gasteiger charge is 2.26. The van der Waals surface area contributed by atoms with Crippen molar-refractivity contribution in [2.45, 2.75) is 57.2 Å². The summed E-state index contributed by atoms with van der Waals surface area (Å²) in [7, 11) is 0. The molecule has 0 aromatic carbocycles. The molecule has 0 saturated heterocycles. The standard InChI is InChI=1S/C11H18O2/c12-8-9-4-6-11(7-5-9)13-10-2-1-3-10/h8-11H,1-7H2. The van der Waals surface area contributed by atoms with E-state index in [9.17, 15) is 4.79 Å². The maximum absolute atomic E-state index is 10.5. The van der Waals surface area contributed by atoms with E-state index in [-0.39, 0.29) is 0 Å². The second-order valence-electron chi connectivity index (χ2n) is 4.36. The van der Waals surface area contributed by atoms with Crippen LogP contribution in [0.5, 0.6) is 0 Å². The summed E-state index contributed by atoms with van der Waals surface area (Å²) in [5.74, 6) is 0.321. The molecule has 0 N–H and O–H groups in total. The van der Waals surface area contributed by atoms with Gasteiger partial charge in [0.05, 0.1) is 12.2 Å². The van der Waals surface area contributed by atoms with Crippen molar-refractivity contribution < 1.29 is 9.53 Å². The number of hydrogen-bond donors (Lipinski definition) is 0. The van der Waals surface area contributed by atoms with Gasteiger partial charge in [0, 0.05) is 5.92 Å². The number of ether oxygens (including phenoxy) is 1. The van der Waals surface area contributed by atoms with Gasteiger partial charge in [0.25, 0.3) is 0 Å². The molecule has 0 heterocycles. The quantitative estimate of drug-likeness (QED) is 0.626. The van der Waals surface area contributed by atoms with E-state index in [0.29, 0.717) is 18.1 Å². The van der Waals surface area contributed by atoms with Crippen LogP contribution in [0.2, 0.25) is 0 Å². The van der Waals surface area contributed by atoms with E-state index < -0.39 is 0 Å². The van der Waals surface area contributed by atoms with Crippen LogP contribution in [-0.4, -0.2) is 18.5 Å². The second-order valence-corrected chi connectivity index (χ2v) is 4.36. The van der Waals surface area contributed by atoms with Gasteiger partial charge in [-0.15, -0.1) is 0 Å². The molecule has 0 amide bonds. The summed E-state index contributed by atoms with van der Waals surface area (Å²) in [4.78, 5) is 10.5. The molecule has 2 heteroatoms. The molecule has 2 saturated carbocycles. The van der Waals surface area contributed by atoms with Gasteiger partial charge in [0.2, 0.25) is 0 Å². The van der Waals surface area contributed by atoms with Crippen molar-refractivity contribution in [2.75, 3.05) is 0 Å². The van der Waals surface area contributed by atoms with Crippen LogP contribution in [0, 0.1) is 5.92 Å². The molecule has 0 bridgehead atoms. The summed E-state index contributed by atoms with van der Waals surface area (Å²) >= 11 is 0. The first-order valence-corrected chi connectivity index (χ1v) is 5.49. The van der Waals surface area contributed by atoms with Crippen LogP contribution in [0.15, 0.2) is 0 Å². The first kappa shape index (κ1) is 9.20. The van der Waals surface area contributed by atoms with Gasteiger partial charge in [-0.25, -0.2) is 0 Å². The lowest BCUT2D eigenvalue weighted by Crippen LogP contribution is -2.30. The Morgan fingerprint density at radius 1 is 0.923 bits per heavy atom. The molecule has 2 aliphatic carbocycles. The number of carbonyl (C=O) groups excluding carboxylic acids is 1. The van der Waals surface area contributed by atoms with Gasteiger partial charge in [0.1, 0.15) is 6.29 Å². The van der Waals surface area contributed by atoms with Gasteiger partial charge < -0.3 is 9.53 Å². The zero-order valence-electron chi connectivity index (χ0n) is 8.08. The van der Waals surface area contributed by atoms with E-state index in [2.05, 4.69) is 0 Å². The van der Waals surface area contributed by atoms with Crippen molar-refractivity contribution in [1.29, 1.82) is 0 Å². The summed E-state index contributed by atoms with van der Waals surface area (Å²) in [5.41, 5.74) is 0. The molecular formula is C11H18O2. The van der Waals surface area contributed by atoms with Crippen molar-refractivity contribution in [3.63, 3.8) is 0 Å². The van der Waals surface area contributed by atoms with Gasteiger partial charge in [-0.3, -0.25) is 0 Å². The topological polar surface area (TPSA) is 26.3 Å². The summed E-state index contributed by atoms with van der Waals surface area (Å²) in [6, 6.07) is 0. The Morgan fingerprint density at radius 2 is 1.54 bits per heavy atom. The number of hydrogen-bond acceptors (Lipinski definition) is 2. The van der Waals surface area contributed by atoms with Crippen LogP contribution >= 0.6 is 0 Å². The van der Waals surface area contributed by atoms with Gasteiger partial charge in [-0.2, -0.15) is 0 Å². The normalized spacial score (nSPS) is 35.4. The first-order chi connectivity index (χ1) is 6.38. The Hall–Kier alpha value is -0.370. The number of carbonyl (C=O) groups is 1. The third kappa shape index (κ3) is 2.31. The van der Waals surface area contributed by atoms with Crippen molar-refractivity contribution >= 4 is 6.29 Å². The van der Waals surface area contributed by atoms with Crippen molar-refractivity contribution in [3.8, 4) is 0 Å². The van der Waals surface area contributed by atoms with Crippen molar-refractivity contribution in [3.05, 3.63) is 0 Å². The smallest absolute Gasteiger partial charge is 0.123 e. The second kappa shape index (κ2) is 4.23. The molecular weight excluding hydrogens is 164 g/mol. The average molecular weight is 182 g/mol. The minimum atomic E-state index is 0.321. The lowest BCUT2D eigenvalue weighted by molar-refractivity contribution is -0.114. The monoisotopic (exact) mass is 182 g/mol. The molecule has 0 unspecified atom stereocenters. The predicted octanol–water partition coefficient (Wildman–Crippen LogP) is 2.31. The fourth-order valence-corrected chi connectivity index (χ4v) is 2.14. The average Bonchev–Trinajstić information content (AvgIpc) is 2.12. The SMILES string of the molecule is O=CC1CCC(OC2CCC2)CC1. The zero-order valence-corrected chi connectivity index (χ0v) is 8.08. The Morgan fingerprint density at radius 3 is 2.00 bits per heavy atom. The van der Waals surface area contributed by atoms with Gasteiger partial charge in [-0.05, 0) is 44.9 Å². The molecule has 0 radical (unpaired) electrons. The Bertz CT molecular complexity index is 167. The molecule has 0 aliphatic heterocycles. The van der Waals surface area contributed by atoms with Gasteiger partial charge in [-0.1, -0.05) is 0 Å². The van der Waals surface area contributed by atoms with Crippen LogP contribution < -0.4 is 0 Å². The minimum Gasteiger partial charge on any atom is -0.375 e. The van der Waals surface area contributed by atoms with E-state index in [1.165, 1.54) is 19.3 Å². The molecule has 2 nitrogen and oxygen atoms in total. The van der Waals surface area contributed by atoms with Crippen LogP contribution in [0.25, 0.3) is 0 Å². The maximum Gasteiger partial charge on any atom is 0.123 e. The third-order valence-electron chi connectivity index (χ3n) is 3.35. The molecule has 2 aliphatic rings. The molecule has 74 valence electrons. The molecule has 0 spiro atoms. The van der Waals surface area contributed by atoms with Gasteiger partial charge >= 0.3 is 0 Å². The Labute approximate surface area is 79.7 Å². The highest BCUT2D eigenvalue weighted by molar-refractivity contribution is 5.53. The third-order valence-corrected chi connectivity index (χ3v) is 3.35. The maximum atomic E-state index is 10.5. The van der Waals surface area contributed by atoms with Crippen LogP contribution in [0.4, 0.5) is 0 Å². The van der Waals surface area contributed by atoms with Crippen LogP contribution in [0.1, 0.15) is 44.9 Å². The van der Waals surface area contributed by atoms with E-state index in [0.717, 1.165) is 32.0 Å². The molecule has 0 atom stereocenters. The Kier molecular flexibility index (Phi) is 2.99. The molecule has 2 rings (SSSR count). The van der Waals surface area contributed by atoms with Crippen molar-refractivity contribution in [2.24, 2.45) is 5.92 Å². The number of rotatable bonds is 3. The predicted molar refractivity (Wildman–Crippen MR) is 50.5 cm³/mol. The highest BCUT2D eigenvalue weighted by atomic mass is 16.5. The minimum absolute atomic E-state index is 0.321. The molecule has 2 fully saturated rings. The lowest BCUT2D eigenvalue weighted by Gasteiger charge is -2.33. The van der Waals surface area contributed by atoms with Crippen molar-refractivity contribution in [1.82, 2.24) is 0 Å². The largest absolute Gasteiger partial charge is 0.375 e. The van der Waals surface area contributed by atoms with Crippen LogP contribution in [-0.2, 0) is 9.53 Å². The van der Waals surface area contributed by atoms with E-state index in [4.69, 9.17) is 4.74 Å². The molecule has 0 aromatic heterocycles. The summed E-state index contributed by atoms with van der Waals surface area (Å²) < 4.78 is 5.90. The van der Waals surface area contributed by atoms with E-state index in [1.54, 1.807) is 0 Å². The fraction of sp³-hybridized carbons (Fsp3) is 0.909. The number of aldehydes is 1. The van der Waals surface area contributed by atoms with Crippen LogP contribution in [0.3, 0.4) is 0 Å². The van der Waals surface area contributed by atoms with Gasteiger partial charge in [0.15, 0.2) is 0 Å². The highest BCUT2D eigenvalue weighted by Crippen LogP contribution is 2.30. The fourth-order valence-electron chi connectivity index (χ4n) is 2.14. The summed E-state index contributed by atoms with van der Waals surface area (Å²) in [6.07, 6.45) is 10.3. The Balaban J connectivity index is 1.68. The molecule has 13 heavy (non-hydrogen) atoms. The summed E-state index contributed by atoms with van der Waals surface area (Å²) in [6.45, 7) is 0. The van der Waals surface area contributed by atoms with E-state index in [1.807, 2.05) is 0 Å². The van der Waals surface area contributed by atoms with E-state index >= 15 is 0 Å². The molecule has 0 aromatic rings. The zero-order chi connectivity index (χ0) is 9.10. The summed E-state index contributed by atoms with van der Waals surface area (Å²) in [5, 5.41) is 0. The first-order valence-electron chi connectivity index (χ1n) is 5.49.